The predicted molar refractivity (Wildman–Crippen MR) is 199 cm³/mol. The van der Waals surface area contributed by atoms with Crippen molar-refractivity contribution in [3.05, 3.63) is 139 Å². The van der Waals surface area contributed by atoms with Gasteiger partial charge in [0.05, 0.1) is 6.85 Å². The Kier molecular flexibility index (Phi) is 6.98. The van der Waals surface area contributed by atoms with Crippen LogP contribution in [0.2, 0.25) is 0 Å². The minimum Gasteiger partial charge on any atom is -0.509 e. The van der Waals surface area contributed by atoms with Gasteiger partial charge in [0, 0.05) is 59.8 Å². The summed E-state index contributed by atoms with van der Waals surface area (Å²) in [5.41, 5.74) is 5.45. The van der Waals surface area contributed by atoms with Gasteiger partial charge in [-0.15, -0.1) is 29.1 Å². The van der Waals surface area contributed by atoms with Crippen molar-refractivity contribution in [2.24, 2.45) is 0 Å². The van der Waals surface area contributed by atoms with E-state index in [4.69, 9.17) is 16.6 Å². The zero-order chi connectivity index (χ0) is 38.3. The Morgan fingerprint density at radius 3 is 2.24 bits per heavy atom. The van der Waals surface area contributed by atoms with Gasteiger partial charge in [-0.1, -0.05) is 94.0 Å². The Hall–Kier alpha value is -5.15. The Bertz CT molecular complexity index is 2750. The van der Waals surface area contributed by atoms with Crippen molar-refractivity contribution in [3.8, 4) is 17.3 Å². The molecule has 1 aliphatic rings. The van der Waals surface area contributed by atoms with E-state index in [2.05, 4.69) is 75.3 Å². The Balaban J connectivity index is 0.00000465. The largest absolute Gasteiger partial charge is 2.00 e. The Morgan fingerprint density at radius 2 is 1.50 bits per heavy atom. The number of ether oxygens (including phenoxy) is 1. The molecule has 0 bridgehead atoms. The summed E-state index contributed by atoms with van der Waals surface area (Å²) in [5.74, 6) is 1.70. The zero-order valence-corrected chi connectivity index (χ0v) is 30.8. The van der Waals surface area contributed by atoms with E-state index in [1.807, 2.05) is 73.1 Å². The number of para-hydroxylation sites is 3. The monoisotopic (exact) mass is 839 g/mol. The topological polar surface area (TPSA) is 46.0 Å². The molecule has 3 aromatic heterocycles. The van der Waals surface area contributed by atoms with Crippen LogP contribution in [0.5, 0.6) is 11.5 Å². The van der Waals surface area contributed by atoms with Crippen LogP contribution in [0.3, 0.4) is 0 Å². The molecule has 0 N–H and O–H groups in total. The molecule has 0 saturated heterocycles. The van der Waals surface area contributed by atoms with Gasteiger partial charge in [0.1, 0.15) is 11.5 Å². The van der Waals surface area contributed by atoms with E-state index in [-0.39, 0.29) is 49.7 Å². The van der Waals surface area contributed by atoms with Crippen molar-refractivity contribution in [2.75, 3.05) is 0 Å². The third-order valence-corrected chi connectivity index (χ3v) is 8.72. The standard InChI is InChI=1S/C43H37N5O.Pt/c1-42(2,3)29-18-21-45-41(24-29)48-37-19-20-44-27-36(37)35-17-16-33(26-40(35)48)49-34-23-30(43(4,5)6)22-32(25-34)47-28-46(31-12-8-7-9-13-31)38-14-10-11-15-39(38)47;/h7-24,27H,1-6H3;/q;+2/i7D,8D,9D,12D,13D;. The zero-order valence-electron chi connectivity index (χ0n) is 33.5. The van der Waals surface area contributed by atoms with E-state index >= 15 is 0 Å². The van der Waals surface area contributed by atoms with Crippen LogP contribution in [0.4, 0.5) is 22.7 Å². The minimum absolute atomic E-state index is 0. The summed E-state index contributed by atoms with van der Waals surface area (Å²) in [4.78, 5) is 9.19. The molecule has 8 rings (SSSR count). The average Bonchev–Trinajstić information content (AvgIpc) is 3.68. The number of pyridine rings is 2. The van der Waals surface area contributed by atoms with Crippen molar-refractivity contribution in [1.29, 1.82) is 0 Å². The second-order valence-electron chi connectivity index (χ2n) is 14.2. The van der Waals surface area contributed by atoms with Crippen LogP contribution in [0, 0.1) is 12.1 Å². The quantitative estimate of drug-likeness (QED) is 0.128. The summed E-state index contributed by atoms with van der Waals surface area (Å²) in [7, 11) is 0. The van der Waals surface area contributed by atoms with Crippen molar-refractivity contribution in [1.82, 2.24) is 23.7 Å². The molecule has 0 spiro atoms. The van der Waals surface area contributed by atoms with E-state index in [1.165, 1.54) is 4.58 Å². The van der Waals surface area contributed by atoms with Crippen molar-refractivity contribution in [3.63, 3.8) is 0 Å². The summed E-state index contributed by atoms with van der Waals surface area (Å²) >= 11 is 0. The molecule has 7 aromatic rings. The summed E-state index contributed by atoms with van der Waals surface area (Å²) in [6.45, 7) is 12.9. The van der Waals surface area contributed by atoms with Crippen molar-refractivity contribution < 1.29 is 32.7 Å². The number of benzene rings is 4. The van der Waals surface area contributed by atoms with Crippen LogP contribution < -0.4 is 13.9 Å². The predicted octanol–water partition coefficient (Wildman–Crippen LogP) is 10.4. The van der Waals surface area contributed by atoms with Gasteiger partial charge < -0.3 is 9.30 Å². The fraction of sp³-hybridized carbons (Fsp3) is 0.186. The first-order valence-corrected chi connectivity index (χ1v) is 16.2. The summed E-state index contributed by atoms with van der Waals surface area (Å²) < 4.78 is 54.1. The molecule has 0 unspecified atom stereocenters. The summed E-state index contributed by atoms with van der Waals surface area (Å²) in [5, 5.41) is 1.94. The fourth-order valence-electron chi connectivity index (χ4n) is 6.09. The molecule has 0 radical (unpaired) electrons. The normalized spacial score (nSPS) is 14.2. The number of hydrogen-bond acceptors (Lipinski definition) is 3. The average molecular weight is 840 g/mol. The van der Waals surface area contributed by atoms with E-state index in [9.17, 15) is 0 Å². The molecule has 4 heterocycles. The molecule has 4 aromatic carbocycles. The maximum Gasteiger partial charge on any atom is 2.00 e. The maximum atomic E-state index is 8.67. The summed E-state index contributed by atoms with van der Waals surface area (Å²) in [6.07, 6.45) is 5.48. The molecule has 0 aliphatic carbocycles. The molecule has 50 heavy (non-hydrogen) atoms. The van der Waals surface area contributed by atoms with Crippen LogP contribution in [0.15, 0.2) is 116 Å². The van der Waals surface area contributed by atoms with Gasteiger partial charge in [-0.2, -0.15) is 6.07 Å². The van der Waals surface area contributed by atoms with Crippen LogP contribution >= 0.6 is 0 Å². The molecular formula is C43H37N5OPt+2. The SMILES string of the molecule is [2H]c1c([2H])c([2H])c([N+]2=C=[N+](c3[c-]c(Oc4[c-]c5c(cc4)c4cnccc4n5-c4cc(C(C)(C)C)ccn4)cc(C(C)(C)C)c3)c3ccccc32)c([2H])c1[2H].[Pt+2]. The minimum atomic E-state index is -0.451. The van der Waals surface area contributed by atoms with E-state index < -0.39 is 18.1 Å². The third kappa shape index (κ3) is 6.00. The Labute approximate surface area is 314 Å². The number of hydrogen-bond donors (Lipinski definition) is 0. The van der Waals surface area contributed by atoms with Crippen LogP contribution in [-0.4, -0.2) is 20.5 Å². The third-order valence-electron chi connectivity index (χ3n) is 8.72. The van der Waals surface area contributed by atoms with Crippen molar-refractivity contribution >= 4 is 50.6 Å². The summed E-state index contributed by atoms with van der Waals surface area (Å²) in [6, 6.07) is 29.8. The number of nitrogens with zero attached hydrogens (tertiary/aromatic N) is 5. The van der Waals surface area contributed by atoms with Gasteiger partial charge in [-0.25, -0.2) is 4.98 Å². The van der Waals surface area contributed by atoms with Gasteiger partial charge in [-0.05, 0) is 44.6 Å². The molecule has 1 aliphatic heterocycles. The molecule has 0 fully saturated rings. The maximum absolute atomic E-state index is 8.67. The number of aromatic nitrogens is 3. The first-order valence-electron chi connectivity index (χ1n) is 18.7. The first-order chi connectivity index (χ1) is 25.6. The second kappa shape index (κ2) is 12.6. The van der Waals surface area contributed by atoms with Gasteiger partial charge in [-0.3, -0.25) is 4.98 Å². The molecule has 0 atom stereocenters. The van der Waals surface area contributed by atoms with Crippen LogP contribution in [0.1, 0.15) is 59.5 Å². The van der Waals surface area contributed by atoms with E-state index in [0.29, 0.717) is 28.6 Å². The van der Waals surface area contributed by atoms with Crippen LogP contribution in [-0.2, 0) is 31.9 Å². The number of fused-ring (bicyclic) bond motifs is 4. The smallest absolute Gasteiger partial charge is 0.509 e. The van der Waals surface area contributed by atoms with E-state index in [0.717, 1.165) is 38.8 Å². The van der Waals surface area contributed by atoms with Gasteiger partial charge in [0.25, 0.3) is 11.4 Å². The van der Waals surface area contributed by atoms with Gasteiger partial charge >= 0.3 is 27.1 Å². The molecular weight excluding hydrogens is 798 g/mol. The number of rotatable bonds is 5. The van der Waals surface area contributed by atoms with Gasteiger partial charge in [0.15, 0.2) is 0 Å². The second-order valence-corrected chi connectivity index (χ2v) is 14.2. The van der Waals surface area contributed by atoms with E-state index in [1.54, 1.807) is 10.8 Å². The fourth-order valence-corrected chi connectivity index (χ4v) is 6.09. The first kappa shape index (κ1) is 27.6. The van der Waals surface area contributed by atoms with Crippen molar-refractivity contribution in [2.45, 2.75) is 52.4 Å². The molecule has 0 amide bonds. The molecule has 6 nitrogen and oxygen atoms in total. The molecule has 7 heteroatoms. The van der Waals surface area contributed by atoms with Gasteiger partial charge in [0.2, 0.25) is 5.69 Å². The Morgan fingerprint density at radius 1 is 0.760 bits per heavy atom. The van der Waals surface area contributed by atoms with Crippen LogP contribution in [0.25, 0.3) is 27.6 Å². The molecule has 0 saturated carbocycles. The molecule has 248 valence electrons.